The number of carbonyl (C=O) groups excluding carboxylic acids is 1. The van der Waals surface area contributed by atoms with E-state index in [1.807, 2.05) is 47.8 Å². The normalized spacial score (nSPS) is 18.2. The lowest BCUT2D eigenvalue weighted by Crippen LogP contribution is -2.47. The molecule has 0 saturated carbocycles. The largest absolute Gasteiger partial charge is 0.337 e. The molecular weight excluding hydrogens is 356 g/mol. The van der Waals surface area contributed by atoms with Crippen LogP contribution in [0.15, 0.2) is 34.9 Å². The SMILES string of the molecule is CNC1CCCN(C(=O)c2cnn(-c3ccc(Br)cc3)c2C)C1. The van der Waals surface area contributed by atoms with E-state index in [4.69, 9.17) is 0 Å². The van der Waals surface area contributed by atoms with Crippen molar-refractivity contribution in [2.45, 2.75) is 25.8 Å². The summed E-state index contributed by atoms with van der Waals surface area (Å²) in [5.41, 5.74) is 2.52. The van der Waals surface area contributed by atoms with Crippen LogP contribution in [0.1, 0.15) is 28.9 Å². The van der Waals surface area contributed by atoms with Crippen LogP contribution in [0.25, 0.3) is 5.69 Å². The molecule has 1 amide bonds. The van der Waals surface area contributed by atoms with E-state index in [2.05, 4.69) is 26.3 Å². The Morgan fingerprint density at radius 3 is 2.78 bits per heavy atom. The third kappa shape index (κ3) is 3.33. The van der Waals surface area contributed by atoms with Crippen molar-refractivity contribution in [3.8, 4) is 5.69 Å². The van der Waals surface area contributed by atoms with Crippen LogP contribution >= 0.6 is 15.9 Å². The van der Waals surface area contributed by atoms with Crippen molar-refractivity contribution < 1.29 is 4.79 Å². The van der Waals surface area contributed by atoms with Crippen molar-refractivity contribution in [2.75, 3.05) is 20.1 Å². The first-order chi connectivity index (χ1) is 11.1. The summed E-state index contributed by atoms with van der Waals surface area (Å²) in [6, 6.07) is 8.29. The number of aromatic nitrogens is 2. The van der Waals surface area contributed by atoms with Crippen LogP contribution < -0.4 is 5.32 Å². The molecule has 1 aromatic heterocycles. The first kappa shape index (κ1) is 16.2. The Hall–Kier alpha value is -1.66. The molecule has 1 aliphatic heterocycles. The standard InChI is InChI=1S/C17H21BrN4O/c1-12-16(17(23)21-9-3-4-14(11-21)19-2)10-20-22(12)15-7-5-13(18)6-8-15/h5-8,10,14,19H,3-4,9,11H2,1-2H3. The summed E-state index contributed by atoms with van der Waals surface area (Å²) < 4.78 is 2.84. The van der Waals surface area contributed by atoms with Crippen molar-refractivity contribution in [1.29, 1.82) is 0 Å². The fourth-order valence-electron chi connectivity index (χ4n) is 3.03. The van der Waals surface area contributed by atoms with Crippen molar-refractivity contribution >= 4 is 21.8 Å². The Kier molecular flexibility index (Phi) is 4.82. The minimum Gasteiger partial charge on any atom is -0.337 e. The van der Waals surface area contributed by atoms with Crippen molar-refractivity contribution in [3.63, 3.8) is 0 Å². The summed E-state index contributed by atoms with van der Waals surface area (Å²) in [6.07, 6.45) is 3.84. The molecule has 1 N–H and O–H groups in total. The summed E-state index contributed by atoms with van der Waals surface area (Å²) >= 11 is 3.43. The van der Waals surface area contributed by atoms with E-state index in [1.165, 1.54) is 0 Å². The molecule has 6 heteroatoms. The Labute approximate surface area is 144 Å². The number of benzene rings is 1. The first-order valence-electron chi connectivity index (χ1n) is 7.87. The summed E-state index contributed by atoms with van der Waals surface area (Å²) in [4.78, 5) is 14.7. The molecule has 0 spiro atoms. The highest BCUT2D eigenvalue weighted by atomic mass is 79.9. The number of amides is 1. The molecule has 1 fully saturated rings. The van der Waals surface area contributed by atoms with Gasteiger partial charge in [-0.15, -0.1) is 0 Å². The summed E-state index contributed by atoms with van der Waals surface area (Å²) in [5.74, 6) is 0.0748. The van der Waals surface area contributed by atoms with E-state index in [1.54, 1.807) is 6.20 Å². The Morgan fingerprint density at radius 2 is 2.09 bits per heavy atom. The highest BCUT2D eigenvalue weighted by molar-refractivity contribution is 9.10. The lowest BCUT2D eigenvalue weighted by atomic mass is 10.0. The number of likely N-dealkylation sites (tertiary alicyclic amines) is 1. The van der Waals surface area contributed by atoms with Gasteiger partial charge in [-0.05, 0) is 51.1 Å². The maximum absolute atomic E-state index is 12.8. The zero-order valence-corrected chi connectivity index (χ0v) is 15.0. The van der Waals surface area contributed by atoms with E-state index in [0.29, 0.717) is 11.6 Å². The fourth-order valence-corrected chi connectivity index (χ4v) is 3.29. The van der Waals surface area contributed by atoms with Crippen molar-refractivity contribution in [2.24, 2.45) is 0 Å². The van der Waals surface area contributed by atoms with Gasteiger partial charge in [-0.2, -0.15) is 5.10 Å². The average Bonchev–Trinajstić information content (AvgIpc) is 2.96. The quantitative estimate of drug-likeness (QED) is 0.895. The summed E-state index contributed by atoms with van der Waals surface area (Å²) in [7, 11) is 1.95. The maximum Gasteiger partial charge on any atom is 0.257 e. The minimum atomic E-state index is 0.0748. The van der Waals surface area contributed by atoms with Gasteiger partial charge in [0.15, 0.2) is 0 Å². The lowest BCUT2D eigenvalue weighted by Gasteiger charge is -2.32. The Balaban J connectivity index is 1.83. The van der Waals surface area contributed by atoms with Crippen LogP contribution in [0.2, 0.25) is 0 Å². The van der Waals surface area contributed by atoms with Crippen molar-refractivity contribution in [3.05, 3.63) is 46.2 Å². The molecule has 1 saturated heterocycles. The molecule has 0 aliphatic carbocycles. The van der Waals surface area contributed by atoms with Gasteiger partial charge in [-0.25, -0.2) is 4.68 Å². The molecule has 0 radical (unpaired) electrons. The second-order valence-electron chi connectivity index (χ2n) is 5.91. The van der Waals surface area contributed by atoms with Crippen LogP contribution in [0, 0.1) is 6.92 Å². The zero-order chi connectivity index (χ0) is 16.4. The summed E-state index contributed by atoms with van der Waals surface area (Å²) in [5, 5.41) is 7.68. The smallest absolute Gasteiger partial charge is 0.257 e. The molecule has 5 nitrogen and oxygen atoms in total. The van der Waals surface area contributed by atoms with E-state index in [0.717, 1.165) is 41.8 Å². The number of halogens is 1. The molecule has 0 bridgehead atoms. The number of rotatable bonds is 3. The number of hydrogen-bond donors (Lipinski definition) is 1. The predicted octanol–water partition coefficient (Wildman–Crippen LogP) is 2.77. The van der Waals surface area contributed by atoms with Gasteiger partial charge in [0, 0.05) is 23.6 Å². The third-order valence-electron chi connectivity index (χ3n) is 4.43. The molecular formula is C17H21BrN4O. The van der Waals surface area contributed by atoms with Crippen LogP contribution in [0.3, 0.4) is 0 Å². The predicted molar refractivity (Wildman–Crippen MR) is 94.0 cm³/mol. The first-order valence-corrected chi connectivity index (χ1v) is 8.66. The minimum absolute atomic E-state index is 0.0748. The van der Waals surface area contributed by atoms with Crippen LogP contribution in [-0.4, -0.2) is 46.8 Å². The number of carbonyl (C=O) groups is 1. The van der Waals surface area contributed by atoms with Crippen LogP contribution in [0.4, 0.5) is 0 Å². The second-order valence-corrected chi connectivity index (χ2v) is 6.83. The van der Waals surface area contributed by atoms with Gasteiger partial charge in [0.1, 0.15) is 0 Å². The van der Waals surface area contributed by atoms with Gasteiger partial charge < -0.3 is 10.2 Å². The van der Waals surface area contributed by atoms with Gasteiger partial charge in [0.05, 0.1) is 23.1 Å². The van der Waals surface area contributed by atoms with E-state index < -0.39 is 0 Å². The monoisotopic (exact) mass is 376 g/mol. The van der Waals surface area contributed by atoms with E-state index in [-0.39, 0.29) is 5.91 Å². The molecule has 2 aromatic rings. The average molecular weight is 377 g/mol. The van der Waals surface area contributed by atoms with Gasteiger partial charge >= 0.3 is 0 Å². The van der Waals surface area contributed by atoms with E-state index >= 15 is 0 Å². The van der Waals surface area contributed by atoms with Gasteiger partial charge in [-0.3, -0.25) is 4.79 Å². The molecule has 1 unspecified atom stereocenters. The molecule has 3 rings (SSSR count). The number of nitrogens with zero attached hydrogens (tertiary/aromatic N) is 3. The van der Waals surface area contributed by atoms with Gasteiger partial charge in [0.2, 0.25) is 0 Å². The zero-order valence-electron chi connectivity index (χ0n) is 13.4. The molecule has 122 valence electrons. The molecule has 1 aromatic carbocycles. The highest BCUT2D eigenvalue weighted by Gasteiger charge is 2.26. The lowest BCUT2D eigenvalue weighted by molar-refractivity contribution is 0.0697. The molecule has 1 atom stereocenters. The number of hydrogen-bond acceptors (Lipinski definition) is 3. The summed E-state index contributed by atoms with van der Waals surface area (Å²) in [6.45, 7) is 3.53. The Morgan fingerprint density at radius 1 is 1.35 bits per heavy atom. The maximum atomic E-state index is 12.8. The van der Waals surface area contributed by atoms with Crippen LogP contribution in [0.5, 0.6) is 0 Å². The van der Waals surface area contributed by atoms with Crippen LogP contribution in [-0.2, 0) is 0 Å². The fraction of sp³-hybridized carbons (Fsp3) is 0.412. The highest BCUT2D eigenvalue weighted by Crippen LogP contribution is 2.20. The number of piperidine rings is 1. The van der Waals surface area contributed by atoms with E-state index in [9.17, 15) is 4.79 Å². The molecule has 23 heavy (non-hydrogen) atoms. The van der Waals surface area contributed by atoms with Crippen molar-refractivity contribution in [1.82, 2.24) is 20.0 Å². The number of nitrogens with one attached hydrogen (secondary N) is 1. The third-order valence-corrected chi connectivity index (χ3v) is 4.96. The Bertz CT molecular complexity index is 695. The van der Waals surface area contributed by atoms with Gasteiger partial charge in [-0.1, -0.05) is 15.9 Å². The molecule has 2 heterocycles. The second kappa shape index (κ2) is 6.84. The van der Waals surface area contributed by atoms with Gasteiger partial charge in [0.25, 0.3) is 5.91 Å². The number of likely N-dealkylation sites (N-methyl/N-ethyl adjacent to an activating group) is 1. The topological polar surface area (TPSA) is 50.2 Å². The molecule has 1 aliphatic rings.